The van der Waals surface area contributed by atoms with Gasteiger partial charge in [-0.15, -0.1) is 0 Å². The molecule has 0 aliphatic carbocycles. The number of carbonyl (C=O) groups excluding carboxylic acids is 2. The molecule has 0 aliphatic rings. The molecule has 0 saturated carbocycles. The van der Waals surface area contributed by atoms with Crippen LogP contribution >= 0.6 is 0 Å². The molecule has 0 fully saturated rings. The van der Waals surface area contributed by atoms with Gasteiger partial charge in [0.15, 0.2) is 0 Å². The third-order valence-corrected chi connectivity index (χ3v) is 3.72. The van der Waals surface area contributed by atoms with Gasteiger partial charge in [-0.3, -0.25) is 19.7 Å². The van der Waals surface area contributed by atoms with Gasteiger partial charge in [-0.1, -0.05) is 31.5 Å². The van der Waals surface area contributed by atoms with Gasteiger partial charge in [0.25, 0.3) is 11.6 Å². The van der Waals surface area contributed by atoms with Crippen LogP contribution < -0.4 is 10.6 Å². The van der Waals surface area contributed by atoms with Crippen LogP contribution in [-0.4, -0.2) is 23.3 Å². The van der Waals surface area contributed by atoms with Crippen molar-refractivity contribution in [3.63, 3.8) is 0 Å². The number of carbonyl (C=O) groups is 2. The number of rotatable bonds is 8. The summed E-state index contributed by atoms with van der Waals surface area (Å²) < 4.78 is 0. The van der Waals surface area contributed by atoms with Crippen LogP contribution in [-0.2, 0) is 4.79 Å². The molecule has 0 saturated heterocycles. The first kappa shape index (κ1) is 19.8. The number of nitro benzene ring substituents is 1. The molecule has 2 aromatic carbocycles. The summed E-state index contributed by atoms with van der Waals surface area (Å²) in [5, 5.41) is 16.3. The second-order valence-electron chi connectivity index (χ2n) is 5.86. The van der Waals surface area contributed by atoms with Crippen molar-refractivity contribution in [1.82, 2.24) is 5.32 Å². The summed E-state index contributed by atoms with van der Waals surface area (Å²) in [7, 11) is 0. The van der Waals surface area contributed by atoms with Gasteiger partial charge in [0.1, 0.15) is 0 Å². The zero-order valence-corrected chi connectivity index (χ0v) is 15.0. The van der Waals surface area contributed by atoms with E-state index in [1.165, 1.54) is 24.3 Å². The van der Waals surface area contributed by atoms with Crippen molar-refractivity contribution in [2.75, 3.05) is 11.9 Å². The Kier molecular flexibility index (Phi) is 7.25. The maximum Gasteiger partial charge on any atom is 0.270 e. The number of hydrogen-bond donors (Lipinski definition) is 2. The lowest BCUT2D eigenvalue weighted by molar-refractivity contribution is -0.384. The predicted octanol–water partition coefficient (Wildman–Crippen LogP) is 3.78. The van der Waals surface area contributed by atoms with Gasteiger partial charge in [0, 0.05) is 36.0 Å². The van der Waals surface area contributed by atoms with Crippen molar-refractivity contribution in [3.8, 4) is 0 Å². The van der Waals surface area contributed by atoms with E-state index in [1.807, 2.05) is 6.92 Å². The lowest BCUT2D eigenvalue weighted by atomic mass is 10.1. The van der Waals surface area contributed by atoms with Gasteiger partial charge < -0.3 is 10.6 Å². The highest BCUT2D eigenvalue weighted by molar-refractivity contribution is 6.03. The Balaban J connectivity index is 1.99. The lowest BCUT2D eigenvalue weighted by Crippen LogP contribution is -2.24. The quantitative estimate of drug-likeness (QED) is 0.321. The predicted molar refractivity (Wildman–Crippen MR) is 104 cm³/mol. The van der Waals surface area contributed by atoms with E-state index in [0.717, 1.165) is 12.8 Å². The summed E-state index contributed by atoms with van der Waals surface area (Å²) in [4.78, 5) is 34.4. The summed E-state index contributed by atoms with van der Waals surface area (Å²) in [5.41, 5.74) is 1.46. The topological polar surface area (TPSA) is 101 Å². The fraction of sp³-hybridized carbons (Fsp3) is 0.200. The first-order chi connectivity index (χ1) is 13.0. The Hall–Kier alpha value is -3.48. The van der Waals surface area contributed by atoms with Gasteiger partial charge in [-0.2, -0.15) is 0 Å². The molecule has 0 aliphatic heterocycles. The molecule has 2 amide bonds. The molecular formula is C20H21N3O4. The van der Waals surface area contributed by atoms with Crippen molar-refractivity contribution < 1.29 is 14.5 Å². The highest BCUT2D eigenvalue weighted by atomic mass is 16.6. The number of nitrogens with one attached hydrogen (secondary N) is 2. The second kappa shape index (κ2) is 9.86. The standard InChI is InChI=1S/C20H21N3O4/c1-2-3-12-21-20(25)16-7-5-8-17(14-16)22-19(24)11-10-15-6-4-9-18(13-15)23(26)27/h4-11,13-14H,2-3,12H2,1H3,(H,21,25)(H,22,24)/b11-10+. The average Bonchev–Trinajstić information content (AvgIpc) is 2.67. The van der Waals surface area contributed by atoms with E-state index in [9.17, 15) is 19.7 Å². The molecule has 0 atom stereocenters. The van der Waals surface area contributed by atoms with E-state index in [1.54, 1.807) is 36.4 Å². The molecule has 0 unspecified atom stereocenters. The molecule has 0 radical (unpaired) electrons. The van der Waals surface area contributed by atoms with Gasteiger partial charge in [0.2, 0.25) is 5.91 Å². The van der Waals surface area contributed by atoms with E-state index >= 15 is 0 Å². The van der Waals surface area contributed by atoms with Crippen molar-refractivity contribution in [2.24, 2.45) is 0 Å². The Morgan fingerprint density at radius 2 is 1.93 bits per heavy atom. The van der Waals surface area contributed by atoms with Crippen LogP contribution in [0.25, 0.3) is 6.08 Å². The average molecular weight is 367 g/mol. The summed E-state index contributed by atoms with van der Waals surface area (Å²) in [6.07, 6.45) is 4.68. The smallest absolute Gasteiger partial charge is 0.270 e. The van der Waals surface area contributed by atoms with Crippen LogP contribution in [0.2, 0.25) is 0 Å². The van der Waals surface area contributed by atoms with Gasteiger partial charge >= 0.3 is 0 Å². The minimum absolute atomic E-state index is 0.0423. The zero-order chi connectivity index (χ0) is 19.6. The third-order valence-electron chi connectivity index (χ3n) is 3.72. The van der Waals surface area contributed by atoms with Crippen LogP contribution in [0, 0.1) is 10.1 Å². The van der Waals surface area contributed by atoms with E-state index in [-0.39, 0.29) is 11.6 Å². The Morgan fingerprint density at radius 1 is 1.15 bits per heavy atom. The Labute approximate surface area is 157 Å². The molecule has 0 bridgehead atoms. The minimum Gasteiger partial charge on any atom is -0.352 e. The first-order valence-electron chi connectivity index (χ1n) is 8.61. The van der Waals surface area contributed by atoms with Crippen molar-refractivity contribution in [1.29, 1.82) is 0 Å². The Bertz CT molecular complexity index is 862. The number of hydrogen-bond acceptors (Lipinski definition) is 4. The van der Waals surface area contributed by atoms with Crippen LogP contribution in [0.3, 0.4) is 0 Å². The van der Waals surface area contributed by atoms with Gasteiger partial charge in [0.05, 0.1) is 4.92 Å². The molecule has 0 aromatic heterocycles. The molecule has 0 spiro atoms. The SMILES string of the molecule is CCCCNC(=O)c1cccc(NC(=O)/C=C/c2cccc([N+](=O)[O-])c2)c1. The highest BCUT2D eigenvalue weighted by Gasteiger charge is 2.07. The van der Waals surface area contributed by atoms with E-state index < -0.39 is 10.8 Å². The number of nitro groups is 1. The molecular weight excluding hydrogens is 346 g/mol. The molecule has 27 heavy (non-hydrogen) atoms. The van der Waals surface area contributed by atoms with Crippen molar-refractivity contribution in [2.45, 2.75) is 19.8 Å². The summed E-state index contributed by atoms with van der Waals surface area (Å²) >= 11 is 0. The molecule has 2 N–H and O–H groups in total. The number of amides is 2. The van der Waals surface area contributed by atoms with Crippen LogP contribution in [0.15, 0.2) is 54.6 Å². The largest absolute Gasteiger partial charge is 0.352 e. The number of unbranched alkanes of at least 4 members (excludes halogenated alkanes) is 1. The lowest BCUT2D eigenvalue weighted by Gasteiger charge is -2.07. The molecule has 2 rings (SSSR count). The van der Waals surface area contributed by atoms with Gasteiger partial charge in [-0.25, -0.2) is 0 Å². The molecule has 7 nitrogen and oxygen atoms in total. The van der Waals surface area contributed by atoms with Crippen molar-refractivity contribution >= 4 is 29.3 Å². The number of nitrogens with zero attached hydrogens (tertiary/aromatic N) is 1. The van der Waals surface area contributed by atoms with Crippen molar-refractivity contribution in [3.05, 3.63) is 75.8 Å². The first-order valence-corrected chi connectivity index (χ1v) is 8.61. The van der Waals surface area contributed by atoms with Crippen LogP contribution in [0.5, 0.6) is 0 Å². The fourth-order valence-electron chi connectivity index (χ4n) is 2.32. The second-order valence-corrected chi connectivity index (χ2v) is 5.86. The van der Waals surface area contributed by atoms with E-state index in [4.69, 9.17) is 0 Å². The maximum absolute atomic E-state index is 12.1. The fourth-order valence-corrected chi connectivity index (χ4v) is 2.32. The maximum atomic E-state index is 12.1. The zero-order valence-electron chi connectivity index (χ0n) is 15.0. The summed E-state index contributed by atoms with van der Waals surface area (Å²) in [6, 6.07) is 12.6. The molecule has 7 heteroatoms. The van der Waals surface area contributed by atoms with E-state index in [0.29, 0.717) is 23.4 Å². The van der Waals surface area contributed by atoms with Crippen LogP contribution in [0.1, 0.15) is 35.7 Å². The highest BCUT2D eigenvalue weighted by Crippen LogP contribution is 2.15. The number of benzene rings is 2. The summed E-state index contributed by atoms with van der Waals surface area (Å²) in [5.74, 6) is -0.586. The van der Waals surface area contributed by atoms with Crippen LogP contribution in [0.4, 0.5) is 11.4 Å². The molecule has 0 heterocycles. The molecule has 140 valence electrons. The molecule has 2 aromatic rings. The number of non-ortho nitro benzene ring substituents is 1. The normalized spacial score (nSPS) is 10.6. The third kappa shape index (κ3) is 6.39. The minimum atomic E-state index is -0.492. The number of anilines is 1. The van der Waals surface area contributed by atoms with Gasteiger partial charge in [-0.05, 0) is 36.3 Å². The monoisotopic (exact) mass is 367 g/mol. The Morgan fingerprint density at radius 3 is 2.67 bits per heavy atom. The summed E-state index contributed by atoms with van der Waals surface area (Å²) in [6.45, 7) is 2.65. The van der Waals surface area contributed by atoms with E-state index in [2.05, 4.69) is 10.6 Å².